The fraction of sp³-hybridized carbons (Fsp3) is 0.500. The van der Waals surface area contributed by atoms with Gasteiger partial charge in [0.25, 0.3) is 0 Å². The fourth-order valence-corrected chi connectivity index (χ4v) is 3.94. The Hall–Kier alpha value is -2.81. The van der Waals surface area contributed by atoms with Crippen molar-refractivity contribution in [3.63, 3.8) is 0 Å². The van der Waals surface area contributed by atoms with Gasteiger partial charge in [0.05, 0.1) is 12.5 Å². The zero-order valence-corrected chi connectivity index (χ0v) is 16.3. The van der Waals surface area contributed by atoms with Crippen LogP contribution in [0.5, 0.6) is 5.75 Å². The number of aromatic nitrogens is 1. The van der Waals surface area contributed by atoms with Gasteiger partial charge in [-0.2, -0.15) is 0 Å². The zero-order chi connectivity index (χ0) is 20.9. The highest BCUT2D eigenvalue weighted by Crippen LogP contribution is 2.54. The summed E-state index contributed by atoms with van der Waals surface area (Å²) in [4.78, 5) is 25.5. The normalized spacial score (nSPS) is 21.1. The van der Waals surface area contributed by atoms with Crippen LogP contribution in [0.15, 0.2) is 17.1 Å². The van der Waals surface area contributed by atoms with Crippen molar-refractivity contribution in [3.05, 3.63) is 33.9 Å². The molecule has 2 heterocycles. The summed E-state index contributed by atoms with van der Waals surface area (Å²) in [6.07, 6.45) is 7.52. The number of carboxylic acid groups (broad SMARTS) is 1. The summed E-state index contributed by atoms with van der Waals surface area (Å²) in [5.41, 5.74) is 5.22. The van der Waals surface area contributed by atoms with Crippen molar-refractivity contribution < 1.29 is 19.0 Å². The molecule has 156 valence electrons. The van der Waals surface area contributed by atoms with E-state index in [-0.39, 0.29) is 33.8 Å². The summed E-state index contributed by atoms with van der Waals surface area (Å²) in [5.74, 6) is 3.92. The van der Waals surface area contributed by atoms with E-state index < -0.39 is 22.8 Å². The second-order valence-corrected chi connectivity index (χ2v) is 8.13. The van der Waals surface area contributed by atoms with Crippen molar-refractivity contribution in [1.29, 1.82) is 0 Å². The molecule has 2 aromatic rings. The van der Waals surface area contributed by atoms with Gasteiger partial charge >= 0.3 is 5.97 Å². The lowest BCUT2D eigenvalue weighted by Crippen LogP contribution is -2.30. The molecule has 5 N–H and O–H groups in total. The molecular weight excluding hydrogens is 379 g/mol. The number of nitrogens with two attached hydrogens (primary N) is 2. The molecule has 1 spiro atoms. The first-order valence-corrected chi connectivity index (χ1v) is 9.74. The molecule has 1 aliphatic heterocycles. The van der Waals surface area contributed by atoms with Crippen LogP contribution in [0.2, 0.25) is 0 Å². The SMILES string of the molecule is C1CC1.COc1c(N2CC(N)C3(CC3)C2)c(F)cc2c(=O)c(C(=O)O)cn(N)c12. The number of pyridine rings is 1. The van der Waals surface area contributed by atoms with Crippen molar-refractivity contribution in [2.24, 2.45) is 11.1 Å². The highest BCUT2D eigenvalue weighted by molar-refractivity contribution is 5.97. The number of benzene rings is 1. The van der Waals surface area contributed by atoms with Crippen molar-refractivity contribution in [2.75, 3.05) is 30.9 Å². The Morgan fingerprint density at radius 1 is 1.34 bits per heavy atom. The van der Waals surface area contributed by atoms with Crippen LogP contribution in [-0.4, -0.2) is 42.0 Å². The molecule has 1 aromatic carbocycles. The van der Waals surface area contributed by atoms with Crippen molar-refractivity contribution in [2.45, 2.75) is 38.1 Å². The number of rotatable bonds is 3. The second-order valence-electron chi connectivity index (χ2n) is 8.13. The monoisotopic (exact) mass is 404 g/mol. The minimum absolute atomic E-state index is 0.0158. The third kappa shape index (κ3) is 3.29. The molecule has 0 amide bonds. The fourth-order valence-electron chi connectivity index (χ4n) is 3.94. The van der Waals surface area contributed by atoms with E-state index in [1.165, 1.54) is 26.4 Å². The average molecular weight is 404 g/mol. The number of ether oxygens (including phenoxy) is 1. The van der Waals surface area contributed by atoms with Gasteiger partial charge in [0.1, 0.15) is 16.8 Å². The molecule has 3 aliphatic rings. The number of halogens is 1. The Bertz CT molecular complexity index is 1040. The summed E-state index contributed by atoms with van der Waals surface area (Å²) < 4.78 is 21.4. The number of carboxylic acids is 1. The van der Waals surface area contributed by atoms with Gasteiger partial charge < -0.3 is 26.3 Å². The highest BCUT2D eigenvalue weighted by atomic mass is 19.1. The number of hydrogen-bond acceptors (Lipinski definition) is 6. The first-order valence-electron chi connectivity index (χ1n) is 9.74. The Morgan fingerprint density at radius 2 is 2.00 bits per heavy atom. The highest BCUT2D eigenvalue weighted by Gasteiger charge is 2.54. The Morgan fingerprint density at radius 3 is 2.48 bits per heavy atom. The maximum Gasteiger partial charge on any atom is 0.341 e. The first kappa shape index (κ1) is 19.5. The molecule has 0 bridgehead atoms. The van der Waals surface area contributed by atoms with Gasteiger partial charge in [-0.25, -0.2) is 9.18 Å². The van der Waals surface area contributed by atoms with Gasteiger partial charge in [-0.15, -0.1) is 0 Å². The van der Waals surface area contributed by atoms with Crippen LogP contribution in [0.4, 0.5) is 10.1 Å². The van der Waals surface area contributed by atoms with Crippen LogP contribution >= 0.6 is 0 Å². The number of carbonyl (C=O) groups is 1. The lowest BCUT2D eigenvalue weighted by molar-refractivity contribution is 0.0695. The molecule has 29 heavy (non-hydrogen) atoms. The number of aromatic carboxylic acids is 1. The van der Waals surface area contributed by atoms with Gasteiger partial charge in [0.2, 0.25) is 5.43 Å². The third-order valence-electron chi connectivity index (χ3n) is 5.90. The molecule has 1 saturated heterocycles. The number of hydrogen-bond donors (Lipinski definition) is 3. The van der Waals surface area contributed by atoms with E-state index in [1.807, 2.05) is 4.90 Å². The standard InChI is InChI=1S/C17H19FN4O4.C3H6/c1-26-15-12-8(14(23)9(16(24)25)5-22(12)20)4-10(18)13(15)21-6-11(19)17(7-21)2-3-17;1-2-3-1/h4-5,11H,2-3,6-7,19-20H2,1H3,(H,24,25);1-3H2. The maximum atomic E-state index is 15.0. The summed E-state index contributed by atoms with van der Waals surface area (Å²) in [6, 6.07) is 0.964. The summed E-state index contributed by atoms with van der Waals surface area (Å²) in [5, 5.41) is 9.01. The largest absolute Gasteiger partial charge is 0.492 e. The van der Waals surface area contributed by atoms with Crippen molar-refractivity contribution in [3.8, 4) is 5.75 Å². The van der Waals surface area contributed by atoms with E-state index in [1.54, 1.807) is 0 Å². The molecule has 3 fully saturated rings. The molecule has 1 unspecified atom stereocenters. The Balaban J connectivity index is 0.000000626. The summed E-state index contributed by atoms with van der Waals surface area (Å²) in [7, 11) is 1.36. The zero-order valence-electron chi connectivity index (χ0n) is 16.3. The lowest BCUT2D eigenvalue weighted by atomic mass is 10.0. The van der Waals surface area contributed by atoms with Crippen molar-refractivity contribution >= 4 is 22.6 Å². The topological polar surface area (TPSA) is 124 Å². The minimum Gasteiger partial charge on any atom is -0.492 e. The molecule has 8 nitrogen and oxygen atoms in total. The van der Waals surface area contributed by atoms with E-state index in [2.05, 4.69) is 0 Å². The predicted molar refractivity (Wildman–Crippen MR) is 108 cm³/mol. The molecule has 9 heteroatoms. The number of fused-ring (bicyclic) bond motifs is 1. The number of methoxy groups -OCH3 is 1. The van der Waals surface area contributed by atoms with Crippen LogP contribution in [0, 0.1) is 11.2 Å². The summed E-state index contributed by atoms with van der Waals surface area (Å²) >= 11 is 0. The Labute approximate surface area is 166 Å². The lowest BCUT2D eigenvalue weighted by Gasteiger charge is -2.23. The van der Waals surface area contributed by atoms with Gasteiger partial charge in [-0.05, 0) is 18.9 Å². The third-order valence-corrected chi connectivity index (χ3v) is 5.90. The van der Waals surface area contributed by atoms with E-state index in [4.69, 9.17) is 21.4 Å². The molecule has 2 aliphatic carbocycles. The summed E-state index contributed by atoms with van der Waals surface area (Å²) in [6.45, 7) is 1.08. The van der Waals surface area contributed by atoms with E-state index in [9.17, 15) is 14.0 Å². The quantitative estimate of drug-likeness (QED) is 0.665. The molecule has 0 radical (unpaired) electrons. The van der Waals surface area contributed by atoms with Crippen LogP contribution in [0.3, 0.4) is 0 Å². The van der Waals surface area contributed by atoms with Crippen LogP contribution < -0.4 is 26.6 Å². The van der Waals surface area contributed by atoms with Gasteiger partial charge in [0.15, 0.2) is 11.6 Å². The van der Waals surface area contributed by atoms with Gasteiger partial charge in [-0.3, -0.25) is 9.47 Å². The second kappa shape index (κ2) is 6.91. The van der Waals surface area contributed by atoms with Crippen LogP contribution in [0.1, 0.15) is 42.5 Å². The smallest absolute Gasteiger partial charge is 0.341 e. The minimum atomic E-state index is -1.43. The number of anilines is 1. The maximum absolute atomic E-state index is 15.0. The van der Waals surface area contributed by atoms with E-state index in [0.29, 0.717) is 13.1 Å². The number of nitrogens with zero attached hydrogens (tertiary/aromatic N) is 2. The molecular formula is C20H25FN4O4. The van der Waals surface area contributed by atoms with E-state index in [0.717, 1.165) is 29.8 Å². The molecule has 1 aromatic heterocycles. The predicted octanol–water partition coefficient (Wildman–Crippen LogP) is 1.66. The Kier molecular flexibility index (Phi) is 4.65. The van der Waals surface area contributed by atoms with Crippen LogP contribution in [0.25, 0.3) is 10.9 Å². The average Bonchev–Trinajstić information content (AvgIpc) is 3.57. The molecule has 1 atom stereocenters. The molecule has 5 rings (SSSR count). The van der Waals surface area contributed by atoms with Crippen LogP contribution in [-0.2, 0) is 0 Å². The van der Waals surface area contributed by atoms with Crippen molar-refractivity contribution in [1.82, 2.24) is 4.68 Å². The van der Waals surface area contributed by atoms with Gasteiger partial charge in [-0.1, -0.05) is 19.3 Å². The molecule has 2 saturated carbocycles. The van der Waals surface area contributed by atoms with Gasteiger partial charge in [0, 0.05) is 30.7 Å². The number of nitrogen functional groups attached to an aromatic ring is 1. The van der Waals surface area contributed by atoms with E-state index >= 15 is 0 Å². The first-order chi connectivity index (χ1) is 13.8.